The molecule has 0 radical (unpaired) electrons. The second-order valence-electron chi connectivity index (χ2n) is 4.77. The molecule has 0 bridgehead atoms. The van der Waals surface area contributed by atoms with Crippen LogP contribution in [0, 0.1) is 6.92 Å². The second-order valence-corrected chi connectivity index (χ2v) is 6.26. The lowest BCUT2D eigenvalue weighted by Crippen LogP contribution is -2.34. The predicted octanol–water partition coefficient (Wildman–Crippen LogP) is 3.27. The van der Waals surface area contributed by atoms with Crippen molar-refractivity contribution < 1.29 is 4.21 Å². The Kier molecular flexibility index (Phi) is 7.21. The van der Waals surface area contributed by atoms with E-state index in [1.807, 2.05) is 31.2 Å². The van der Waals surface area contributed by atoms with E-state index < -0.39 is 10.8 Å². The molecular weight excluding hydrogens is 242 g/mol. The van der Waals surface area contributed by atoms with E-state index in [1.54, 1.807) is 0 Å². The predicted molar refractivity (Wildman–Crippen MR) is 79.4 cm³/mol. The Hall–Kier alpha value is -0.670. The van der Waals surface area contributed by atoms with Gasteiger partial charge < -0.3 is 5.32 Å². The minimum absolute atomic E-state index is 0.372. The van der Waals surface area contributed by atoms with Crippen molar-refractivity contribution in [3.05, 3.63) is 29.8 Å². The van der Waals surface area contributed by atoms with Crippen LogP contribution in [-0.4, -0.2) is 22.5 Å². The standard InChI is InChI=1S/C15H25NOS/c1-4-7-14(16-10-5-2)12-18(17)15-9-6-8-13(3)11-15/h6,8-9,11,14,16H,4-5,7,10,12H2,1-3H3. The Morgan fingerprint density at radius 3 is 2.67 bits per heavy atom. The van der Waals surface area contributed by atoms with Crippen LogP contribution in [0.5, 0.6) is 0 Å². The molecule has 18 heavy (non-hydrogen) atoms. The van der Waals surface area contributed by atoms with Crippen molar-refractivity contribution in [2.75, 3.05) is 12.3 Å². The fourth-order valence-corrected chi connectivity index (χ4v) is 3.37. The fraction of sp³-hybridized carbons (Fsp3) is 0.600. The van der Waals surface area contributed by atoms with Crippen LogP contribution in [0.15, 0.2) is 29.2 Å². The van der Waals surface area contributed by atoms with Gasteiger partial charge in [-0.3, -0.25) is 4.21 Å². The van der Waals surface area contributed by atoms with E-state index in [9.17, 15) is 4.21 Å². The maximum absolute atomic E-state index is 12.3. The third-order valence-electron chi connectivity index (χ3n) is 2.93. The van der Waals surface area contributed by atoms with Gasteiger partial charge >= 0.3 is 0 Å². The summed E-state index contributed by atoms with van der Waals surface area (Å²) < 4.78 is 12.3. The highest BCUT2D eigenvalue weighted by molar-refractivity contribution is 7.85. The first-order valence-corrected chi connectivity index (χ1v) is 8.17. The molecule has 102 valence electrons. The van der Waals surface area contributed by atoms with Gasteiger partial charge in [0.25, 0.3) is 0 Å². The highest BCUT2D eigenvalue weighted by Crippen LogP contribution is 2.11. The molecule has 0 saturated heterocycles. The molecule has 0 heterocycles. The van der Waals surface area contributed by atoms with Gasteiger partial charge in [-0.1, -0.05) is 32.4 Å². The van der Waals surface area contributed by atoms with Crippen molar-refractivity contribution in [1.29, 1.82) is 0 Å². The minimum Gasteiger partial charge on any atom is -0.313 e. The highest BCUT2D eigenvalue weighted by Gasteiger charge is 2.12. The lowest BCUT2D eigenvalue weighted by molar-refractivity contribution is 0.510. The van der Waals surface area contributed by atoms with Crippen LogP contribution >= 0.6 is 0 Å². The van der Waals surface area contributed by atoms with Crippen molar-refractivity contribution in [3.63, 3.8) is 0 Å². The zero-order chi connectivity index (χ0) is 13.4. The smallest absolute Gasteiger partial charge is 0.0545 e. The van der Waals surface area contributed by atoms with Crippen molar-refractivity contribution >= 4 is 10.8 Å². The Morgan fingerprint density at radius 2 is 2.06 bits per heavy atom. The Labute approximate surface area is 114 Å². The lowest BCUT2D eigenvalue weighted by Gasteiger charge is -2.17. The SMILES string of the molecule is CCCNC(CCC)CS(=O)c1cccc(C)c1. The van der Waals surface area contributed by atoms with Crippen molar-refractivity contribution in [3.8, 4) is 0 Å². The van der Waals surface area contributed by atoms with Crippen molar-refractivity contribution in [2.45, 2.75) is 51.0 Å². The molecule has 1 rings (SSSR count). The summed E-state index contributed by atoms with van der Waals surface area (Å²) in [5, 5.41) is 3.49. The topological polar surface area (TPSA) is 29.1 Å². The number of benzene rings is 1. The first-order chi connectivity index (χ1) is 8.67. The molecule has 0 aromatic heterocycles. The molecule has 2 unspecified atom stereocenters. The molecule has 0 aliphatic carbocycles. The van der Waals surface area contributed by atoms with Crippen LogP contribution in [0.25, 0.3) is 0 Å². The molecule has 3 heteroatoms. The average molecular weight is 267 g/mol. The maximum Gasteiger partial charge on any atom is 0.0545 e. The molecule has 0 saturated carbocycles. The normalized spacial score (nSPS) is 14.4. The number of aryl methyl sites for hydroxylation is 1. The van der Waals surface area contributed by atoms with Crippen LogP contribution in [0.3, 0.4) is 0 Å². The second kappa shape index (κ2) is 8.44. The monoisotopic (exact) mass is 267 g/mol. The van der Waals surface area contributed by atoms with Gasteiger partial charge in [-0.05, 0) is 44.0 Å². The molecule has 2 nitrogen and oxygen atoms in total. The Bertz CT molecular complexity index is 379. The number of hydrogen-bond donors (Lipinski definition) is 1. The maximum atomic E-state index is 12.3. The number of hydrogen-bond acceptors (Lipinski definition) is 2. The summed E-state index contributed by atoms with van der Waals surface area (Å²) in [6.07, 6.45) is 3.35. The van der Waals surface area contributed by atoms with Gasteiger partial charge in [0, 0.05) is 16.7 Å². The van der Waals surface area contributed by atoms with E-state index in [-0.39, 0.29) is 0 Å². The zero-order valence-corrected chi connectivity index (χ0v) is 12.6. The molecule has 0 fully saturated rings. The van der Waals surface area contributed by atoms with Gasteiger partial charge in [0.15, 0.2) is 0 Å². The molecule has 0 aliphatic rings. The number of nitrogens with one attached hydrogen (secondary N) is 1. The third-order valence-corrected chi connectivity index (χ3v) is 4.41. The van der Waals surface area contributed by atoms with E-state index in [0.717, 1.165) is 36.5 Å². The molecule has 0 spiro atoms. The van der Waals surface area contributed by atoms with Crippen LogP contribution < -0.4 is 5.32 Å². The average Bonchev–Trinajstić information content (AvgIpc) is 2.36. The zero-order valence-electron chi connectivity index (χ0n) is 11.7. The van der Waals surface area contributed by atoms with Crippen LogP contribution in [0.1, 0.15) is 38.7 Å². The molecule has 0 amide bonds. The van der Waals surface area contributed by atoms with Gasteiger partial charge in [0.1, 0.15) is 0 Å². The first-order valence-electron chi connectivity index (χ1n) is 6.85. The molecule has 2 atom stereocenters. The fourth-order valence-electron chi connectivity index (χ4n) is 1.98. The Balaban J connectivity index is 2.59. The summed E-state index contributed by atoms with van der Waals surface area (Å²) in [6.45, 7) is 7.39. The molecular formula is C15H25NOS. The van der Waals surface area contributed by atoms with Gasteiger partial charge in [-0.15, -0.1) is 0 Å². The lowest BCUT2D eigenvalue weighted by atomic mass is 10.2. The summed E-state index contributed by atoms with van der Waals surface area (Å²) in [5.74, 6) is 0.720. The Morgan fingerprint density at radius 1 is 1.28 bits per heavy atom. The van der Waals surface area contributed by atoms with E-state index in [4.69, 9.17) is 0 Å². The van der Waals surface area contributed by atoms with Crippen molar-refractivity contribution in [2.24, 2.45) is 0 Å². The summed E-state index contributed by atoms with van der Waals surface area (Å²) in [5.41, 5.74) is 1.18. The van der Waals surface area contributed by atoms with Crippen molar-refractivity contribution in [1.82, 2.24) is 5.32 Å². The van der Waals surface area contributed by atoms with Gasteiger partial charge in [0.05, 0.1) is 10.8 Å². The molecule has 0 aliphatic heterocycles. The summed E-state index contributed by atoms with van der Waals surface area (Å²) in [7, 11) is -0.891. The molecule has 1 aromatic carbocycles. The van der Waals surface area contributed by atoms with Gasteiger partial charge in [-0.25, -0.2) is 0 Å². The summed E-state index contributed by atoms with van der Waals surface area (Å²) in [4.78, 5) is 0.953. The van der Waals surface area contributed by atoms with E-state index in [1.165, 1.54) is 5.56 Å². The quantitative estimate of drug-likeness (QED) is 0.783. The summed E-state index contributed by atoms with van der Waals surface area (Å²) in [6, 6.07) is 8.39. The van der Waals surface area contributed by atoms with E-state index in [0.29, 0.717) is 6.04 Å². The third kappa shape index (κ3) is 5.32. The first kappa shape index (κ1) is 15.4. The van der Waals surface area contributed by atoms with Gasteiger partial charge in [0.2, 0.25) is 0 Å². The van der Waals surface area contributed by atoms with E-state index in [2.05, 4.69) is 19.2 Å². The largest absolute Gasteiger partial charge is 0.313 e. The molecule has 1 N–H and O–H groups in total. The number of rotatable bonds is 8. The van der Waals surface area contributed by atoms with Crippen LogP contribution in [0.4, 0.5) is 0 Å². The van der Waals surface area contributed by atoms with E-state index >= 15 is 0 Å². The minimum atomic E-state index is -0.891. The van der Waals surface area contributed by atoms with Gasteiger partial charge in [-0.2, -0.15) is 0 Å². The van der Waals surface area contributed by atoms with Crippen LogP contribution in [-0.2, 0) is 10.8 Å². The molecule has 1 aromatic rings. The van der Waals surface area contributed by atoms with Crippen LogP contribution in [0.2, 0.25) is 0 Å². The summed E-state index contributed by atoms with van der Waals surface area (Å²) >= 11 is 0. The highest BCUT2D eigenvalue weighted by atomic mass is 32.2.